The molecular formula is C9H7BrN2O2S2. The van der Waals surface area contributed by atoms with Crippen molar-refractivity contribution in [2.24, 2.45) is 5.73 Å². The molecule has 0 radical (unpaired) electrons. The number of carboxylic acid groups (broad SMARTS) is 1. The van der Waals surface area contributed by atoms with E-state index in [0.717, 1.165) is 15.0 Å². The van der Waals surface area contributed by atoms with Crippen LogP contribution >= 0.6 is 38.6 Å². The van der Waals surface area contributed by atoms with Gasteiger partial charge in [-0.1, -0.05) is 0 Å². The first-order chi connectivity index (χ1) is 7.58. The highest BCUT2D eigenvalue weighted by Crippen LogP contribution is 2.31. The Hall–Kier alpha value is -0.760. The number of nitrogens with two attached hydrogens (primary N) is 1. The lowest BCUT2D eigenvalue weighted by Gasteiger charge is -1.99. The summed E-state index contributed by atoms with van der Waals surface area (Å²) in [6.07, 6.45) is 0. The van der Waals surface area contributed by atoms with Gasteiger partial charge in [-0.3, -0.25) is 4.79 Å². The van der Waals surface area contributed by atoms with Crippen molar-refractivity contribution in [3.8, 4) is 10.6 Å². The molecule has 0 saturated heterocycles. The molecule has 0 aliphatic heterocycles. The number of carbonyl (C=O) groups is 1. The van der Waals surface area contributed by atoms with Gasteiger partial charge < -0.3 is 10.8 Å². The van der Waals surface area contributed by atoms with Gasteiger partial charge in [0, 0.05) is 15.2 Å². The molecule has 0 fully saturated rings. The average molecular weight is 319 g/mol. The second kappa shape index (κ2) is 4.62. The van der Waals surface area contributed by atoms with Gasteiger partial charge in [-0.15, -0.1) is 22.7 Å². The van der Waals surface area contributed by atoms with Crippen LogP contribution in [-0.2, 0) is 4.79 Å². The molecule has 0 amide bonds. The Morgan fingerprint density at radius 1 is 1.50 bits per heavy atom. The van der Waals surface area contributed by atoms with E-state index in [1.165, 1.54) is 11.3 Å². The lowest BCUT2D eigenvalue weighted by atomic mass is 10.3. The Bertz CT molecular complexity index is 523. The van der Waals surface area contributed by atoms with Gasteiger partial charge in [0.1, 0.15) is 5.01 Å². The van der Waals surface area contributed by atoms with Gasteiger partial charge in [-0.05, 0) is 22.0 Å². The van der Waals surface area contributed by atoms with Crippen LogP contribution in [0.1, 0.15) is 11.0 Å². The molecule has 0 spiro atoms. The molecule has 0 aliphatic carbocycles. The number of rotatable bonds is 3. The highest BCUT2D eigenvalue weighted by Gasteiger charge is 2.18. The summed E-state index contributed by atoms with van der Waals surface area (Å²) < 4.78 is 0.990. The molecule has 1 atom stereocenters. The Balaban J connectivity index is 2.29. The number of carboxylic acids is 1. The van der Waals surface area contributed by atoms with Crippen LogP contribution < -0.4 is 5.73 Å². The van der Waals surface area contributed by atoms with E-state index in [9.17, 15) is 4.79 Å². The van der Waals surface area contributed by atoms with Crippen molar-refractivity contribution in [3.63, 3.8) is 0 Å². The van der Waals surface area contributed by atoms with Crippen molar-refractivity contribution in [3.05, 3.63) is 26.3 Å². The zero-order valence-corrected chi connectivity index (χ0v) is 11.1. The Morgan fingerprint density at radius 3 is 2.81 bits per heavy atom. The molecule has 0 saturated carbocycles. The second-order valence-electron chi connectivity index (χ2n) is 3.02. The van der Waals surface area contributed by atoms with Crippen molar-refractivity contribution in [1.82, 2.24) is 4.98 Å². The van der Waals surface area contributed by atoms with E-state index in [2.05, 4.69) is 20.9 Å². The number of aromatic nitrogens is 1. The van der Waals surface area contributed by atoms with Crippen LogP contribution in [0.2, 0.25) is 0 Å². The van der Waals surface area contributed by atoms with Crippen molar-refractivity contribution in [2.75, 3.05) is 0 Å². The first kappa shape index (κ1) is 11.7. The summed E-state index contributed by atoms with van der Waals surface area (Å²) in [5.41, 5.74) is 6.25. The van der Waals surface area contributed by atoms with E-state index in [4.69, 9.17) is 10.8 Å². The minimum Gasteiger partial charge on any atom is -0.480 e. The van der Waals surface area contributed by atoms with E-state index in [0.29, 0.717) is 5.01 Å². The van der Waals surface area contributed by atoms with Crippen molar-refractivity contribution in [1.29, 1.82) is 0 Å². The third-order valence-electron chi connectivity index (χ3n) is 1.87. The summed E-state index contributed by atoms with van der Waals surface area (Å²) in [6, 6.07) is 0.901. The largest absolute Gasteiger partial charge is 0.480 e. The fourth-order valence-electron chi connectivity index (χ4n) is 1.10. The molecule has 7 heteroatoms. The topological polar surface area (TPSA) is 76.2 Å². The van der Waals surface area contributed by atoms with Crippen LogP contribution in [0.15, 0.2) is 21.3 Å². The summed E-state index contributed by atoms with van der Waals surface area (Å²) in [5.74, 6) is -1.06. The van der Waals surface area contributed by atoms with Crippen LogP contribution in [0.25, 0.3) is 10.6 Å². The minimum absolute atomic E-state index is 0.423. The predicted octanol–water partition coefficient (Wildman–Crippen LogP) is 2.72. The monoisotopic (exact) mass is 318 g/mol. The van der Waals surface area contributed by atoms with Gasteiger partial charge in [-0.2, -0.15) is 0 Å². The first-order valence-corrected chi connectivity index (χ1v) is 6.81. The van der Waals surface area contributed by atoms with E-state index in [1.54, 1.807) is 11.3 Å². The molecule has 4 nitrogen and oxygen atoms in total. The van der Waals surface area contributed by atoms with Crippen molar-refractivity contribution in [2.45, 2.75) is 6.04 Å². The smallest absolute Gasteiger partial charge is 0.327 e. The van der Waals surface area contributed by atoms with Gasteiger partial charge in [0.15, 0.2) is 6.04 Å². The molecule has 84 valence electrons. The standard InChI is InChI=1S/C9H7BrN2O2S2/c10-4-1-6(15-2-4)5-3-16-8(12-5)7(11)9(13)14/h1-3,7H,11H2,(H,13,14). The molecule has 0 bridgehead atoms. The quantitative estimate of drug-likeness (QED) is 0.912. The lowest BCUT2D eigenvalue weighted by Crippen LogP contribution is -2.20. The molecular weight excluding hydrogens is 312 g/mol. The number of aliphatic carboxylic acids is 1. The Morgan fingerprint density at radius 2 is 2.25 bits per heavy atom. The second-order valence-corrected chi connectivity index (χ2v) is 5.73. The predicted molar refractivity (Wildman–Crippen MR) is 67.7 cm³/mol. The number of nitrogens with zero attached hydrogens (tertiary/aromatic N) is 1. The molecule has 0 aromatic carbocycles. The zero-order chi connectivity index (χ0) is 11.7. The fourth-order valence-corrected chi connectivity index (χ4v) is 3.37. The molecule has 3 N–H and O–H groups in total. The number of halogens is 1. The average Bonchev–Trinajstić information content (AvgIpc) is 2.84. The minimum atomic E-state index is -1.06. The maximum atomic E-state index is 10.7. The molecule has 2 aromatic rings. The molecule has 0 aliphatic rings. The van der Waals surface area contributed by atoms with Gasteiger partial charge in [-0.25, -0.2) is 4.98 Å². The summed E-state index contributed by atoms with van der Waals surface area (Å²) in [7, 11) is 0. The first-order valence-electron chi connectivity index (χ1n) is 4.26. The van der Waals surface area contributed by atoms with E-state index in [-0.39, 0.29) is 0 Å². The molecule has 1 unspecified atom stereocenters. The van der Waals surface area contributed by atoms with Gasteiger partial charge >= 0.3 is 5.97 Å². The number of thiophene rings is 1. The van der Waals surface area contributed by atoms with Crippen LogP contribution in [0.3, 0.4) is 0 Å². The van der Waals surface area contributed by atoms with Gasteiger partial charge in [0.05, 0.1) is 10.6 Å². The van der Waals surface area contributed by atoms with Gasteiger partial charge in [0.2, 0.25) is 0 Å². The molecule has 2 heterocycles. The third kappa shape index (κ3) is 2.32. The van der Waals surface area contributed by atoms with Crippen LogP contribution in [-0.4, -0.2) is 16.1 Å². The molecule has 2 aromatic heterocycles. The Labute approximate surface area is 108 Å². The molecule has 16 heavy (non-hydrogen) atoms. The maximum Gasteiger partial charge on any atom is 0.327 e. The fraction of sp³-hybridized carbons (Fsp3) is 0.111. The SMILES string of the molecule is NC(C(=O)O)c1nc(-c2cc(Br)cs2)cs1. The summed E-state index contributed by atoms with van der Waals surface area (Å²) in [4.78, 5) is 15.9. The van der Waals surface area contributed by atoms with E-state index in [1.807, 2.05) is 16.8 Å². The maximum absolute atomic E-state index is 10.7. The summed E-state index contributed by atoms with van der Waals surface area (Å²) in [6.45, 7) is 0. The van der Waals surface area contributed by atoms with Crippen molar-refractivity contribution >= 4 is 44.6 Å². The van der Waals surface area contributed by atoms with Gasteiger partial charge in [0.25, 0.3) is 0 Å². The summed E-state index contributed by atoms with van der Waals surface area (Å²) in [5, 5.41) is 12.9. The van der Waals surface area contributed by atoms with E-state index >= 15 is 0 Å². The number of hydrogen-bond acceptors (Lipinski definition) is 5. The van der Waals surface area contributed by atoms with E-state index < -0.39 is 12.0 Å². The summed E-state index contributed by atoms with van der Waals surface area (Å²) >= 11 is 6.17. The zero-order valence-electron chi connectivity index (χ0n) is 7.88. The highest BCUT2D eigenvalue weighted by atomic mass is 79.9. The number of hydrogen-bond donors (Lipinski definition) is 2. The third-order valence-corrected chi connectivity index (χ3v) is 4.52. The van der Waals surface area contributed by atoms with Crippen LogP contribution in [0.5, 0.6) is 0 Å². The van der Waals surface area contributed by atoms with Crippen molar-refractivity contribution < 1.29 is 9.90 Å². The van der Waals surface area contributed by atoms with Crippen LogP contribution in [0.4, 0.5) is 0 Å². The Kier molecular flexibility index (Phi) is 3.38. The molecule has 2 rings (SSSR count). The normalized spacial score (nSPS) is 12.6. The number of thiazole rings is 1. The van der Waals surface area contributed by atoms with Crippen LogP contribution in [0, 0.1) is 0 Å². The highest BCUT2D eigenvalue weighted by molar-refractivity contribution is 9.10. The lowest BCUT2D eigenvalue weighted by molar-refractivity contribution is -0.138.